The van der Waals surface area contributed by atoms with Crippen molar-refractivity contribution in [2.75, 3.05) is 18.5 Å². The Labute approximate surface area is 106 Å². The Hall–Kier alpha value is -1.01. The fourth-order valence-electron chi connectivity index (χ4n) is 1.63. The van der Waals surface area contributed by atoms with E-state index >= 15 is 0 Å². The van der Waals surface area contributed by atoms with E-state index in [-0.39, 0.29) is 5.41 Å². The van der Waals surface area contributed by atoms with Crippen molar-refractivity contribution in [2.24, 2.45) is 5.41 Å². The molecule has 0 amide bonds. The molecule has 0 saturated heterocycles. The highest BCUT2D eigenvalue weighted by atomic mass is 79.9. The molecule has 3 heteroatoms. The molecule has 1 rings (SSSR count). The van der Waals surface area contributed by atoms with Gasteiger partial charge in [-0.15, -0.1) is 0 Å². The standard InChI is InChI=1S/C13H17BrN2/c1-13(2,3)9-16(4)11-6-5-10(8-15)12(14)7-11/h5-7H,9H2,1-4H3. The lowest BCUT2D eigenvalue weighted by Gasteiger charge is -2.28. The molecule has 1 aromatic rings. The molecule has 86 valence electrons. The number of nitriles is 1. The zero-order valence-electron chi connectivity index (χ0n) is 10.2. The third kappa shape index (κ3) is 3.53. The van der Waals surface area contributed by atoms with Crippen LogP contribution in [0.4, 0.5) is 5.69 Å². The summed E-state index contributed by atoms with van der Waals surface area (Å²) in [4.78, 5) is 2.20. The van der Waals surface area contributed by atoms with Crippen LogP contribution in [0.25, 0.3) is 0 Å². The lowest BCUT2D eigenvalue weighted by atomic mass is 9.96. The van der Waals surface area contributed by atoms with Crippen molar-refractivity contribution in [1.82, 2.24) is 0 Å². The van der Waals surface area contributed by atoms with E-state index in [1.165, 1.54) is 0 Å². The molecule has 0 spiro atoms. The van der Waals surface area contributed by atoms with Gasteiger partial charge in [-0.05, 0) is 39.5 Å². The maximum Gasteiger partial charge on any atom is 0.100 e. The van der Waals surface area contributed by atoms with Crippen LogP contribution in [0.1, 0.15) is 26.3 Å². The molecule has 0 aliphatic heterocycles. The van der Waals surface area contributed by atoms with Gasteiger partial charge in [0.05, 0.1) is 5.56 Å². The van der Waals surface area contributed by atoms with Gasteiger partial charge in [-0.3, -0.25) is 0 Å². The summed E-state index contributed by atoms with van der Waals surface area (Å²) in [6.45, 7) is 7.61. The second-order valence-corrected chi connectivity index (χ2v) is 6.05. The van der Waals surface area contributed by atoms with Gasteiger partial charge in [0.1, 0.15) is 6.07 Å². The predicted octanol–water partition coefficient (Wildman–Crippen LogP) is 3.80. The van der Waals surface area contributed by atoms with E-state index in [1.54, 1.807) is 0 Å². The molecule has 0 aliphatic rings. The molecule has 0 aromatic heterocycles. The highest BCUT2D eigenvalue weighted by Crippen LogP contribution is 2.25. The summed E-state index contributed by atoms with van der Waals surface area (Å²) in [5.41, 5.74) is 2.06. The summed E-state index contributed by atoms with van der Waals surface area (Å²) in [6, 6.07) is 7.96. The molecule has 0 unspecified atom stereocenters. The van der Waals surface area contributed by atoms with Gasteiger partial charge in [-0.1, -0.05) is 20.8 Å². The largest absolute Gasteiger partial charge is 0.374 e. The van der Waals surface area contributed by atoms with E-state index in [4.69, 9.17) is 5.26 Å². The third-order valence-electron chi connectivity index (χ3n) is 2.23. The minimum atomic E-state index is 0.259. The average Bonchev–Trinajstić information content (AvgIpc) is 2.15. The summed E-state index contributed by atoms with van der Waals surface area (Å²) in [6.07, 6.45) is 0. The van der Waals surface area contributed by atoms with E-state index in [1.807, 2.05) is 18.2 Å². The van der Waals surface area contributed by atoms with Crippen LogP contribution in [0.15, 0.2) is 22.7 Å². The van der Waals surface area contributed by atoms with E-state index in [0.29, 0.717) is 5.56 Å². The molecule has 0 heterocycles. The first kappa shape index (κ1) is 13.1. The van der Waals surface area contributed by atoms with Crippen molar-refractivity contribution in [1.29, 1.82) is 5.26 Å². The van der Waals surface area contributed by atoms with E-state index in [0.717, 1.165) is 16.7 Å². The van der Waals surface area contributed by atoms with Crippen molar-refractivity contribution in [3.8, 4) is 6.07 Å². The zero-order valence-corrected chi connectivity index (χ0v) is 11.8. The lowest BCUT2D eigenvalue weighted by molar-refractivity contribution is 0.419. The Balaban J connectivity index is 2.90. The van der Waals surface area contributed by atoms with Crippen molar-refractivity contribution >= 4 is 21.6 Å². The normalized spacial score (nSPS) is 11.0. The Morgan fingerprint density at radius 3 is 2.44 bits per heavy atom. The molecule has 0 aliphatic carbocycles. The Kier molecular flexibility index (Phi) is 3.98. The fourth-order valence-corrected chi connectivity index (χ4v) is 2.09. The van der Waals surface area contributed by atoms with Gasteiger partial charge in [-0.25, -0.2) is 0 Å². The highest BCUT2D eigenvalue weighted by molar-refractivity contribution is 9.10. The Morgan fingerprint density at radius 1 is 1.38 bits per heavy atom. The second-order valence-electron chi connectivity index (χ2n) is 5.19. The monoisotopic (exact) mass is 280 g/mol. The summed E-state index contributed by atoms with van der Waals surface area (Å²) < 4.78 is 0.855. The first-order chi connectivity index (χ1) is 7.33. The van der Waals surface area contributed by atoms with Crippen molar-refractivity contribution in [2.45, 2.75) is 20.8 Å². The summed E-state index contributed by atoms with van der Waals surface area (Å²) >= 11 is 3.41. The molecule has 1 aromatic carbocycles. The number of hydrogen-bond donors (Lipinski definition) is 0. The average molecular weight is 281 g/mol. The topological polar surface area (TPSA) is 27.0 Å². The van der Waals surface area contributed by atoms with Gasteiger partial charge in [0.15, 0.2) is 0 Å². The van der Waals surface area contributed by atoms with Gasteiger partial charge in [-0.2, -0.15) is 5.26 Å². The van der Waals surface area contributed by atoms with Crippen LogP contribution in [0.3, 0.4) is 0 Å². The summed E-state index contributed by atoms with van der Waals surface area (Å²) in [5, 5.41) is 8.84. The first-order valence-corrected chi connectivity index (χ1v) is 6.03. The number of halogens is 1. The minimum Gasteiger partial charge on any atom is -0.374 e. The van der Waals surface area contributed by atoms with Crippen LogP contribution in [0.2, 0.25) is 0 Å². The van der Waals surface area contributed by atoms with E-state index < -0.39 is 0 Å². The molecule has 0 fully saturated rings. The van der Waals surface area contributed by atoms with Gasteiger partial charge in [0.2, 0.25) is 0 Å². The molecule has 0 atom stereocenters. The highest BCUT2D eigenvalue weighted by Gasteiger charge is 2.14. The number of benzene rings is 1. The maximum absolute atomic E-state index is 8.84. The lowest BCUT2D eigenvalue weighted by Crippen LogP contribution is -2.29. The van der Waals surface area contributed by atoms with Gasteiger partial charge >= 0.3 is 0 Å². The van der Waals surface area contributed by atoms with Crippen LogP contribution < -0.4 is 4.90 Å². The number of anilines is 1. The number of nitrogens with zero attached hydrogens (tertiary/aromatic N) is 2. The van der Waals surface area contributed by atoms with Crippen molar-refractivity contribution in [3.05, 3.63) is 28.2 Å². The van der Waals surface area contributed by atoms with Crippen LogP contribution in [-0.2, 0) is 0 Å². The summed E-state index contributed by atoms with van der Waals surface area (Å²) in [5.74, 6) is 0. The number of hydrogen-bond acceptors (Lipinski definition) is 2. The van der Waals surface area contributed by atoms with E-state index in [9.17, 15) is 0 Å². The van der Waals surface area contributed by atoms with Crippen LogP contribution >= 0.6 is 15.9 Å². The molecular weight excluding hydrogens is 264 g/mol. The van der Waals surface area contributed by atoms with Crippen LogP contribution in [-0.4, -0.2) is 13.6 Å². The quantitative estimate of drug-likeness (QED) is 0.824. The van der Waals surface area contributed by atoms with Crippen molar-refractivity contribution in [3.63, 3.8) is 0 Å². The fraction of sp³-hybridized carbons (Fsp3) is 0.462. The number of rotatable bonds is 2. The molecular formula is C13H17BrN2. The van der Waals surface area contributed by atoms with E-state index in [2.05, 4.69) is 54.7 Å². The molecule has 0 N–H and O–H groups in total. The van der Waals surface area contributed by atoms with Crippen LogP contribution in [0.5, 0.6) is 0 Å². The Morgan fingerprint density at radius 2 is 2.00 bits per heavy atom. The molecule has 2 nitrogen and oxygen atoms in total. The second kappa shape index (κ2) is 4.88. The van der Waals surface area contributed by atoms with Crippen molar-refractivity contribution < 1.29 is 0 Å². The minimum absolute atomic E-state index is 0.259. The molecule has 16 heavy (non-hydrogen) atoms. The predicted molar refractivity (Wildman–Crippen MR) is 71.6 cm³/mol. The molecule has 0 radical (unpaired) electrons. The van der Waals surface area contributed by atoms with Gasteiger partial charge in [0, 0.05) is 23.8 Å². The van der Waals surface area contributed by atoms with Gasteiger partial charge < -0.3 is 4.90 Å². The molecule has 0 saturated carbocycles. The maximum atomic E-state index is 8.84. The molecule has 0 bridgehead atoms. The zero-order chi connectivity index (χ0) is 12.3. The SMILES string of the molecule is CN(CC(C)(C)C)c1ccc(C#N)c(Br)c1. The van der Waals surface area contributed by atoms with Crippen LogP contribution in [0, 0.1) is 16.7 Å². The van der Waals surface area contributed by atoms with Gasteiger partial charge in [0.25, 0.3) is 0 Å². The third-order valence-corrected chi connectivity index (χ3v) is 2.88. The summed E-state index contributed by atoms with van der Waals surface area (Å²) in [7, 11) is 2.07. The first-order valence-electron chi connectivity index (χ1n) is 5.24. The smallest absolute Gasteiger partial charge is 0.100 e. The Bertz CT molecular complexity index is 413.